The van der Waals surface area contributed by atoms with E-state index in [1.54, 1.807) is 6.07 Å². The van der Waals surface area contributed by atoms with Crippen LogP contribution < -0.4 is 5.32 Å². The first-order chi connectivity index (χ1) is 13.7. The zero-order valence-corrected chi connectivity index (χ0v) is 14.9. The molecule has 136 valence electrons. The number of aromatic amines is 1. The lowest BCUT2D eigenvalue weighted by Crippen LogP contribution is -2.12. The molecule has 2 N–H and O–H groups in total. The first-order valence-corrected chi connectivity index (χ1v) is 9.02. The van der Waals surface area contributed by atoms with Crippen molar-refractivity contribution in [3.05, 3.63) is 95.3 Å². The van der Waals surface area contributed by atoms with Crippen LogP contribution in [0.3, 0.4) is 0 Å². The Morgan fingerprint density at radius 3 is 2.68 bits per heavy atom. The van der Waals surface area contributed by atoms with Crippen LogP contribution in [0.5, 0.6) is 0 Å². The molecule has 5 heteroatoms. The van der Waals surface area contributed by atoms with Gasteiger partial charge in [-0.05, 0) is 35.9 Å². The third kappa shape index (κ3) is 2.77. The van der Waals surface area contributed by atoms with Crippen LogP contribution in [0, 0.1) is 5.82 Å². The number of hydrogen-bond acceptors (Lipinski definition) is 2. The summed E-state index contributed by atoms with van der Waals surface area (Å²) < 4.78 is 13.4. The Balaban J connectivity index is 1.42. The Morgan fingerprint density at radius 1 is 1.00 bits per heavy atom. The van der Waals surface area contributed by atoms with Crippen molar-refractivity contribution in [3.8, 4) is 22.5 Å². The minimum absolute atomic E-state index is 0.293. The summed E-state index contributed by atoms with van der Waals surface area (Å²) in [6.07, 6.45) is 0.745. The lowest BCUT2D eigenvalue weighted by molar-refractivity contribution is 0.102. The highest BCUT2D eigenvalue weighted by Gasteiger charge is 2.25. The van der Waals surface area contributed by atoms with E-state index in [0.717, 1.165) is 40.1 Å². The molecule has 1 aromatic heterocycles. The molecular formula is C23H16FN3O. The van der Waals surface area contributed by atoms with Gasteiger partial charge in [-0.3, -0.25) is 9.89 Å². The highest BCUT2D eigenvalue weighted by atomic mass is 19.1. The quantitative estimate of drug-likeness (QED) is 0.468. The fourth-order valence-corrected chi connectivity index (χ4v) is 3.68. The molecule has 1 amide bonds. The third-order valence-electron chi connectivity index (χ3n) is 5.00. The van der Waals surface area contributed by atoms with Crippen LogP contribution in [0.25, 0.3) is 22.5 Å². The van der Waals surface area contributed by atoms with Gasteiger partial charge in [0.2, 0.25) is 0 Å². The van der Waals surface area contributed by atoms with Gasteiger partial charge in [-0.15, -0.1) is 0 Å². The van der Waals surface area contributed by atoms with E-state index in [0.29, 0.717) is 11.3 Å². The number of amides is 1. The molecule has 0 unspecified atom stereocenters. The molecule has 1 heterocycles. The Kier molecular flexibility index (Phi) is 3.79. The summed E-state index contributed by atoms with van der Waals surface area (Å²) in [4.78, 5) is 12.4. The number of H-pyrrole nitrogens is 1. The van der Waals surface area contributed by atoms with E-state index in [9.17, 15) is 9.18 Å². The minimum Gasteiger partial charge on any atom is -0.322 e. The van der Waals surface area contributed by atoms with Crippen molar-refractivity contribution in [2.24, 2.45) is 0 Å². The summed E-state index contributed by atoms with van der Waals surface area (Å²) in [6.45, 7) is 0. The summed E-state index contributed by atoms with van der Waals surface area (Å²) in [5.74, 6) is -0.761. The van der Waals surface area contributed by atoms with Gasteiger partial charge in [0.05, 0.1) is 11.4 Å². The fourth-order valence-electron chi connectivity index (χ4n) is 3.68. The van der Waals surface area contributed by atoms with Gasteiger partial charge in [0.15, 0.2) is 0 Å². The Morgan fingerprint density at radius 2 is 1.86 bits per heavy atom. The summed E-state index contributed by atoms with van der Waals surface area (Å²) in [6, 6.07) is 21.5. The van der Waals surface area contributed by atoms with Crippen LogP contribution in [0.2, 0.25) is 0 Å². The van der Waals surface area contributed by atoms with Crippen molar-refractivity contribution in [1.29, 1.82) is 0 Å². The maximum Gasteiger partial charge on any atom is 0.255 e. The van der Waals surface area contributed by atoms with Crippen LogP contribution in [0.4, 0.5) is 10.1 Å². The molecule has 0 saturated carbocycles. The highest BCUT2D eigenvalue weighted by Crippen LogP contribution is 2.40. The molecule has 4 nitrogen and oxygen atoms in total. The van der Waals surface area contributed by atoms with Gasteiger partial charge >= 0.3 is 0 Å². The number of rotatable bonds is 3. The van der Waals surface area contributed by atoms with Crippen LogP contribution in [-0.2, 0) is 6.42 Å². The summed E-state index contributed by atoms with van der Waals surface area (Å²) in [7, 11) is 0. The molecule has 1 aliphatic rings. The zero-order chi connectivity index (χ0) is 19.1. The molecule has 0 radical (unpaired) electrons. The molecule has 0 aliphatic heterocycles. The molecule has 0 saturated heterocycles. The number of anilines is 1. The number of nitrogens with one attached hydrogen (secondary N) is 2. The van der Waals surface area contributed by atoms with E-state index < -0.39 is 5.82 Å². The van der Waals surface area contributed by atoms with Crippen LogP contribution >= 0.6 is 0 Å². The number of hydrogen-bond donors (Lipinski definition) is 2. The van der Waals surface area contributed by atoms with E-state index in [1.807, 2.05) is 48.5 Å². The van der Waals surface area contributed by atoms with Crippen LogP contribution in [-0.4, -0.2) is 16.1 Å². The van der Waals surface area contributed by atoms with E-state index in [-0.39, 0.29) is 5.91 Å². The van der Waals surface area contributed by atoms with Gasteiger partial charge < -0.3 is 5.32 Å². The lowest BCUT2D eigenvalue weighted by atomic mass is 10.1. The van der Waals surface area contributed by atoms with Gasteiger partial charge in [-0.1, -0.05) is 42.5 Å². The maximum atomic E-state index is 13.4. The molecule has 28 heavy (non-hydrogen) atoms. The normalized spacial score (nSPS) is 11.8. The van der Waals surface area contributed by atoms with Crippen molar-refractivity contribution in [2.45, 2.75) is 6.42 Å². The molecular weight excluding hydrogens is 353 g/mol. The fraction of sp³-hybridized carbons (Fsp3) is 0.0435. The maximum absolute atomic E-state index is 13.4. The molecule has 0 atom stereocenters. The molecule has 5 rings (SSSR count). The van der Waals surface area contributed by atoms with Crippen LogP contribution in [0.1, 0.15) is 21.5 Å². The average Bonchev–Trinajstić information content (AvgIpc) is 3.27. The lowest BCUT2D eigenvalue weighted by Gasteiger charge is -2.08. The Labute approximate surface area is 161 Å². The SMILES string of the molecule is O=C(Nc1ccc2c(c1)Cc1c(-c3ccccc3)n[nH]c1-2)c1cccc(F)c1. The molecule has 1 aliphatic carbocycles. The minimum atomic E-state index is -0.430. The highest BCUT2D eigenvalue weighted by molar-refractivity contribution is 6.04. The number of carbonyl (C=O) groups is 1. The largest absolute Gasteiger partial charge is 0.322 e. The number of carbonyl (C=O) groups excluding carboxylic acids is 1. The van der Waals surface area contributed by atoms with Gasteiger partial charge in [0, 0.05) is 34.4 Å². The molecule has 0 bridgehead atoms. The number of fused-ring (bicyclic) bond motifs is 3. The van der Waals surface area contributed by atoms with Gasteiger partial charge in [-0.25, -0.2) is 4.39 Å². The zero-order valence-electron chi connectivity index (χ0n) is 14.9. The van der Waals surface area contributed by atoms with E-state index in [4.69, 9.17) is 0 Å². The Hall–Kier alpha value is -3.73. The second kappa shape index (κ2) is 6.46. The Bertz CT molecular complexity index is 1200. The third-order valence-corrected chi connectivity index (χ3v) is 5.00. The average molecular weight is 369 g/mol. The van der Waals surface area contributed by atoms with Crippen molar-refractivity contribution in [3.63, 3.8) is 0 Å². The van der Waals surface area contributed by atoms with Gasteiger partial charge in [0.25, 0.3) is 5.91 Å². The standard InChI is InChI=1S/C23H16FN3O/c24-17-8-4-7-15(11-17)23(28)25-18-9-10-19-16(12-18)13-20-21(26-27-22(19)20)14-5-2-1-3-6-14/h1-12H,13H2,(H,25,28)(H,26,27). The topological polar surface area (TPSA) is 57.8 Å². The van der Waals surface area contributed by atoms with Crippen LogP contribution in [0.15, 0.2) is 72.8 Å². The predicted octanol–water partition coefficient (Wildman–Crippen LogP) is 5.04. The van der Waals surface area contributed by atoms with Gasteiger partial charge in [-0.2, -0.15) is 5.10 Å². The molecule has 3 aromatic carbocycles. The monoisotopic (exact) mass is 369 g/mol. The predicted molar refractivity (Wildman–Crippen MR) is 107 cm³/mol. The number of nitrogens with zero attached hydrogens (tertiary/aromatic N) is 1. The number of aromatic nitrogens is 2. The molecule has 0 spiro atoms. The number of halogens is 1. The summed E-state index contributed by atoms with van der Waals surface area (Å²) >= 11 is 0. The second-order valence-corrected chi connectivity index (χ2v) is 6.80. The number of benzene rings is 3. The molecule has 0 fully saturated rings. The molecule has 4 aromatic rings. The summed E-state index contributed by atoms with van der Waals surface area (Å²) in [5, 5.41) is 10.5. The van der Waals surface area contributed by atoms with E-state index >= 15 is 0 Å². The van der Waals surface area contributed by atoms with Crippen molar-refractivity contribution in [2.75, 3.05) is 5.32 Å². The first-order valence-electron chi connectivity index (χ1n) is 9.02. The summed E-state index contributed by atoms with van der Waals surface area (Å²) in [5.41, 5.74) is 7.41. The van der Waals surface area contributed by atoms with Crippen molar-refractivity contribution in [1.82, 2.24) is 10.2 Å². The van der Waals surface area contributed by atoms with Gasteiger partial charge in [0.1, 0.15) is 5.82 Å². The first kappa shape index (κ1) is 16.4. The second-order valence-electron chi connectivity index (χ2n) is 6.80. The van der Waals surface area contributed by atoms with Crippen molar-refractivity contribution >= 4 is 11.6 Å². The van der Waals surface area contributed by atoms with Crippen molar-refractivity contribution < 1.29 is 9.18 Å². The van der Waals surface area contributed by atoms with E-state index in [2.05, 4.69) is 15.5 Å². The van der Waals surface area contributed by atoms with E-state index in [1.165, 1.54) is 18.2 Å². The smallest absolute Gasteiger partial charge is 0.255 e.